The quantitative estimate of drug-likeness (QED) is 0.826. The largest absolute Gasteiger partial charge is 0.340 e. The van der Waals surface area contributed by atoms with E-state index in [2.05, 4.69) is 5.32 Å². The van der Waals surface area contributed by atoms with Gasteiger partial charge in [0.05, 0.1) is 0 Å². The predicted molar refractivity (Wildman–Crippen MR) is 72.0 cm³/mol. The Kier molecular flexibility index (Phi) is 3.68. The molecular formula is C14H21N3O. The number of amides is 1. The lowest BCUT2D eigenvalue weighted by Crippen LogP contribution is -2.53. The lowest BCUT2D eigenvalue weighted by Gasteiger charge is -2.33. The van der Waals surface area contributed by atoms with Crippen molar-refractivity contribution in [1.82, 2.24) is 10.2 Å². The van der Waals surface area contributed by atoms with Crippen molar-refractivity contribution in [3.05, 3.63) is 35.9 Å². The summed E-state index contributed by atoms with van der Waals surface area (Å²) < 4.78 is 0. The molecule has 1 aliphatic heterocycles. The van der Waals surface area contributed by atoms with Crippen LogP contribution in [-0.4, -0.2) is 37.0 Å². The van der Waals surface area contributed by atoms with Gasteiger partial charge in [-0.1, -0.05) is 30.3 Å². The van der Waals surface area contributed by atoms with Gasteiger partial charge in [-0.15, -0.1) is 0 Å². The molecule has 0 aromatic heterocycles. The van der Waals surface area contributed by atoms with Crippen molar-refractivity contribution in [2.75, 3.05) is 20.1 Å². The molecule has 1 fully saturated rings. The third kappa shape index (κ3) is 2.40. The molecule has 2 atom stereocenters. The van der Waals surface area contributed by atoms with Crippen molar-refractivity contribution in [1.29, 1.82) is 0 Å². The van der Waals surface area contributed by atoms with E-state index in [0.29, 0.717) is 0 Å². The third-order valence-corrected chi connectivity index (χ3v) is 3.72. The van der Waals surface area contributed by atoms with Crippen LogP contribution in [0.3, 0.4) is 0 Å². The van der Waals surface area contributed by atoms with Gasteiger partial charge in [0.25, 0.3) is 0 Å². The first-order valence-electron chi connectivity index (χ1n) is 6.36. The molecule has 0 saturated carbocycles. The molecule has 1 aromatic rings. The number of nitrogens with two attached hydrogens (primary N) is 1. The number of hydrogen-bond donors (Lipinski definition) is 2. The lowest BCUT2D eigenvalue weighted by atomic mass is 9.91. The van der Waals surface area contributed by atoms with Gasteiger partial charge in [-0.3, -0.25) is 4.79 Å². The Morgan fingerprint density at radius 3 is 2.67 bits per heavy atom. The summed E-state index contributed by atoms with van der Waals surface area (Å²) in [5, 5.41) is 3.26. The van der Waals surface area contributed by atoms with Gasteiger partial charge in [0, 0.05) is 19.6 Å². The number of rotatable bonds is 3. The van der Waals surface area contributed by atoms with Gasteiger partial charge in [-0.05, 0) is 25.5 Å². The molecule has 2 unspecified atom stereocenters. The maximum atomic E-state index is 12.5. The number of benzene rings is 1. The second-order valence-corrected chi connectivity index (χ2v) is 5.13. The van der Waals surface area contributed by atoms with E-state index in [1.807, 2.05) is 37.4 Å². The molecule has 4 heteroatoms. The smallest absolute Gasteiger partial charge is 0.247 e. The Hall–Kier alpha value is -1.39. The van der Waals surface area contributed by atoms with E-state index >= 15 is 0 Å². The van der Waals surface area contributed by atoms with Crippen LogP contribution in [0, 0.1) is 0 Å². The molecule has 0 aliphatic carbocycles. The van der Waals surface area contributed by atoms with Gasteiger partial charge in [-0.2, -0.15) is 0 Å². The van der Waals surface area contributed by atoms with Gasteiger partial charge >= 0.3 is 0 Å². The highest BCUT2D eigenvalue weighted by Crippen LogP contribution is 2.21. The van der Waals surface area contributed by atoms with Crippen LogP contribution in [0.5, 0.6) is 0 Å². The average Bonchev–Trinajstić information content (AvgIpc) is 2.92. The zero-order valence-corrected chi connectivity index (χ0v) is 11.0. The Balaban J connectivity index is 2.16. The van der Waals surface area contributed by atoms with Crippen LogP contribution in [0.2, 0.25) is 0 Å². The highest BCUT2D eigenvalue weighted by atomic mass is 16.2. The summed E-state index contributed by atoms with van der Waals surface area (Å²) >= 11 is 0. The molecule has 1 aliphatic rings. The fraction of sp³-hybridized carbons (Fsp3) is 0.500. The third-order valence-electron chi connectivity index (χ3n) is 3.72. The fourth-order valence-corrected chi connectivity index (χ4v) is 2.41. The van der Waals surface area contributed by atoms with Crippen LogP contribution in [0.25, 0.3) is 0 Å². The summed E-state index contributed by atoms with van der Waals surface area (Å²) in [4.78, 5) is 14.3. The zero-order chi connectivity index (χ0) is 13.2. The Labute approximate surface area is 108 Å². The summed E-state index contributed by atoms with van der Waals surface area (Å²) in [5.41, 5.74) is 6.13. The molecular weight excluding hydrogens is 226 g/mol. The lowest BCUT2D eigenvalue weighted by molar-refractivity contribution is -0.137. The van der Waals surface area contributed by atoms with E-state index in [9.17, 15) is 4.79 Å². The number of hydrogen-bond acceptors (Lipinski definition) is 3. The minimum absolute atomic E-state index is 0.0256. The molecule has 1 saturated heterocycles. The minimum Gasteiger partial charge on any atom is -0.340 e. The number of nitrogens with one attached hydrogen (secondary N) is 1. The van der Waals surface area contributed by atoms with Gasteiger partial charge in [0.2, 0.25) is 5.91 Å². The Bertz CT molecular complexity index is 410. The molecule has 4 nitrogen and oxygen atoms in total. The molecule has 18 heavy (non-hydrogen) atoms. The number of carbonyl (C=O) groups is 1. The van der Waals surface area contributed by atoms with Crippen molar-refractivity contribution < 1.29 is 4.79 Å². The molecule has 98 valence electrons. The molecule has 1 amide bonds. The number of nitrogens with zero attached hydrogens (tertiary/aromatic N) is 1. The molecule has 1 heterocycles. The number of carbonyl (C=O) groups excluding carboxylic acids is 1. The van der Waals surface area contributed by atoms with Crippen molar-refractivity contribution in [2.24, 2.45) is 5.73 Å². The molecule has 2 rings (SSSR count). The van der Waals surface area contributed by atoms with E-state index in [0.717, 1.165) is 25.1 Å². The maximum absolute atomic E-state index is 12.5. The first kappa shape index (κ1) is 13.1. The zero-order valence-electron chi connectivity index (χ0n) is 11.0. The summed E-state index contributed by atoms with van der Waals surface area (Å²) in [5.74, 6) is -0.0256. The minimum atomic E-state index is -0.960. The second kappa shape index (κ2) is 5.08. The Morgan fingerprint density at radius 2 is 2.11 bits per heavy atom. The summed E-state index contributed by atoms with van der Waals surface area (Å²) in [6.45, 7) is 3.60. The SMILES string of the molecule is CN(C(=O)C(C)(N)c1ccccc1)C1CCNC1. The van der Waals surface area contributed by atoms with Crippen LogP contribution in [0.4, 0.5) is 0 Å². The normalized spacial score (nSPS) is 22.5. The average molecular weight is 247 g/mol. The fourth-order valence-electron chi connectivity index (χ4n) is 2.41. The molecule has 0 radical (unpaired) electrons. The highest BCUT2D eigenvalue weighted by Gasteiger charge is 2.36. The van der Waals surface area contributed by atoms with Gasteiger partial charge < -0.3 is 16.0 Å². The first-order valence-corrected chi connectivity index (χ1v) is 6.36. The van der Waals surface area contributed by atoms with Crippen LogP contribution in [0.1, 0.15) is 18.9 Å². The summed E-state index contributed by atoms with van der Waals surface area (Å²) in [6, 6.07) is 9.80. The van der Waals surface area contributed by atoms with Crippen LogP contribution in [-0.2, 0) is 10.3 Å². The van der Waals surface area contributed by atoms with Gasteiger partial charge in [-0.25, -0.2) is 0 Å². The molecule has 3 N–H and O–H groups in total. The predicted octanol–water partition coefficient (Wildman–Crippen LogP) is 0.681. The van der Waals surface area contributed by atoms with E-state index < -0.39 is 5.54 Å². The molecule has 1 aromatic carbocycles. The van der Waals surface area contributed by atoms with E-state index in [1.54, 1.807) is 11.8 Å². The van der Waals surface area contributed by atoms with E-state index in [4.69, 9.17) is 5.73 Å². The monoisotopic (exact) mass is 247 g/mol. The van der Waals surface area contributed by atoms with Gasteiger partial charge in [0.15, 0.2) is 0 Å². The molecule has 0 spiro atoms. The standard InChI is InChI=1S/C14H21N3O/c1-14(15,11-6-4-3-5-7-11)13(18)17(2)12-8-9-16-10-12/h3-7,12,16H,8-10,15H2,1-2H3. The summed E-state index contributed by atoms with van der Waals surface area (Å²) in [7, 11) is 1.84. The van der Waals surface area contributed by atoms with Crippen molar-refractivity contribution in [3.63, 3.8) is 0 Å². The highest BCUT2D eigenvalue weighted by molar-refractivity contribution is 5.87. The van der Waals surface area contributed by atoms with Crippen molar-refractivity contribution in [2.45, 2.75) is 24.9 Å². The topological polar surface area (TPSA) is 58.4 Å². The second-order valence-electron chi connectivity index (χ2n) is 5.13. The van der Waals surface area contributed by atoms with Crippen LogP contribution < -0.4 is 11.1 Å². The number of likely N-dealkylation sites (N-methyl/N-ethyl adjacent to an activating group) is 1. The molecule has 0 bridgehead atoms. The maximum Gasteiger partial charge on any atom is 0.247 e. The van der Waals surface area contributed by atoms with Crippen LogP contribution >= 0.6 is 0 Å². The van der Waals surface area contributed by atoms with E-state index in [-0.39, 0.29) is 11.9 Å². The van der Waals surface area contributed by atoms with Crippen LogP contribution in [0.15, 0.2) is 30.3 Å². The van der Waals surface area contributed by atoms with Gasteiger partial charge in [0.1, 0.15) is 5.54 Å². The first-order chi connectivity index (χ1) is 8.53. The van der Waals surface area contributed by atoms with E-state index in [1.165, 1.54) is 0 Å². The van der Waals surface area contributed by atoms with Crippen molar-refractivity contribution >= 4 is 5.91 Å². The van der Waals surface area contributed by atoms with Crippen molar-refractivity contribution in [3.8, 4) is 0 Å². The Morgan fingerprint density at radius 1 is 1.44 bits per heavy atom. The summed E-state index contributed by atoms with van der Waals surface area (Å²) in [6.07, 6.45) is 0.993.